The van der Waals surface area contributed by atoms with E-state index < -0.39 is 0 Å². The molecule has 7 nitrogen and oxygen atoms in total. The molecule has 1 heterocycles. The molecule has 2 aromatic carbocycles. The van der Waals surface area contributed by atoms with E-state index in [0.717, 1.165) is 30.6 Å². The van der Waals surface area contributed by atoms with Crippen LogP contribution in [0.5, 0.6) is 0 Å². The minimum absolute atomic E-state index is 0. The minimum Gasteiger partial charge on any atom is -0.383 e. The number of methoxy groups -OCH3 is 1. The quantitative estimate of drug-likeness (QED) is 0.176. The molecular formula is C24H33IN6O. The molecule has 32 heavy (non-hydrogen) atoms. The number of benzene rings is 2. The zero-order chi connectivity index (χ0) is 21.9. The average molecular weight is 548 g/mol. The molecule has 0 fully saturated rings. The second-order valence-electron chi connectivity index (χ2n) is 7.49. The normalized spacial score (nSPS) is 12.2. The fourth-order valence-electron chi connectivity index (χ4n) is 3.34. The molecule has 0 bridgehead atoms. The number of hydrogen-bond donors (Lipinski definition) is 2. The zero-order valence-corrected chi connectivity index (χ0v) is 21.3. The van der Waals surface area contributed by atoms with Gasteiger partial charge in [0.25, 0.3) is 0 Å². The monoisotopic (exact) mass is 548 g/mol. The maximum absolute atomic E-state index is 5.18. The smallest absolute Gasteiger partial charge is 0.191 e. The first-order valence-electron chi connectivity index (χ1n) is 10.6. The van der Waals surface area contributed by atoms with Crippen LogP contribution in [-0.4, -0.2) is 47.5 Å². The van der Waals surface area contributed by atoms with E-state index in [2.05, 4.69) is 81.5 Å². The predicted octanol–water partition coefficient (Wildman–Crippen LogP) is 3.45. The van der Waals surface area contributed by atoms with Crippen molar-refractivity contribution in [3.8, 4) is 0 Å². The lowest BCUT2D eigenvalue weighted by atomic mass is 9.92. The highest BCUT2D eigenvalue weighted by Gasteiger charge is 2.14. The Kier molecular flexibility index (Phi) is 11.2. The molecule has 1 unspecified atom stereocenters. The van der Waals surface area contributed by atoms with Crippen molar-refractivity contribution in [1.29, 1.82) is 0 Å². The van der Waals surface area contributed by atoms with Gasteiger partial charge in [-0.2, -0.15) is 0 Å². The molecule has 172 valence electrons. The number of nitrogens with zero attached hydrogens (tertiary/aromatic N) is 4. The van der Waals surface area contributed by atoms with E-state index in [4.69, 9.17) is 9.73 Å². The number of guanidine groups is 1. The first-order valence-corrected chi connectivity index (χ1v) is 10.6. The standard InChI is InChI=1S/C24H32N6O.HI/c1-19-28-29-23(30(19)2)18-27-24(25-14-15-31-3)26-17-22(21-12-8-5-9-13-21)16-20-10-6-4-7-11-20;/h4-13,22H,14-18H2,1-3H3,(H2,25,26,27);1H. The molecule has 0 aliphatic rings. The molecule has 0 aliphatic carbocycles. The fourth-order valence-corrected chi connectivity index (χ4v) is 3.34. The summed E-state index contributed by atoms with van der Waals surface area (Å²) in [6.07, 6.45) is 0.950. The largest absolute Gasteiger partial charge is 0.383 e. The molecule has 3 aromatic rings. The van der Waals surface area contributed by atoms with Crippen molar-refractivity contribution in [2.75, 3.05) is 26.8 Å². The third kappa shape index (κ3) is 7.90. The molecule has 0 spiro atoms. The van der Waals surface area contributed by atoms with Crippen LogP contribution < -0.4 is 10.6 Å². The first kappa shape index (κ1) is 25.8. The average Bonchev–Trinajstić information content (AvgIpc) is 3.13. The van der Waals surface area contributed by atoms with E-state index >= 15 is 0 Å². The van der Waals surface area contributed by atoms with Crippen LogP contribution in [0.15, 0.2) is 65.7 Å². The summed E-state index contributed by atoms with van der Waals surface area (Å²) in [4.78, 5) is 4.73. The lowest BCUT2D eigenvalue weighted by molar-refractivity contribution is 0.203. The summed E-state index contributed by atoms with van der Waals surface area (Å²) in [7, 11) is 3.65. The third-order valence-electron chi connectivity index (χ3n) is 5.27. The Balaban J connectivity index is 0.00000363. The Hall–Kier alpha value is -2.46. The molecule has 0 saturated heterocycles. The Morgan fingerprint density at radius 1 is 1.03 bits per heavy atom. The van der Waals surface area contributed by atoms with Gasteiger partial charge in [0.1, 0.15) is 12.4 Å². The zero-order valence-electron chi connectivity index (χ0n) is 19.0. The summed E-state index contributed by atoms with van der Waals surface area (Å²) in [6, 6.07) is 21.2. The highest BCUT2D eigenvalue weighted by Crippen LogP contribution is 2.20. The number of hydrogen-bond acceptors (Lipinski definition) is 4. The fraction of sp³-hybridized carbons (Fsp3) is 0.375. The Morgan fingerprint density at radius 3 is 2.34 bits per heavy atom. The molecule has 3 rings (SSSR count). The summed E-state index contributed by atoms with van der Waals surface area (Å²) in [5.74, 6) is 2.76. The highest BCUT2D eigenvalue weighted by molar-refractivity contribution is 14.0. The third-order valence-corrected chi connectivity index (χ3v) is 5.27. The van der Waals surface area contributed by atoms with E-state index in [1.54, 1.807) is 7.11 Å². The molecule has 0 amide bonds. The SMILES string of the molecule is COCCNC(=NCc1nnc(C)n1C)NCC(Cc1ccccc1)c1ccccc1.I. The first-order chi connectivity index (χ1) is 15.2. The summed E-state index contributed by atoms with van der Waals surface area (Å²) in [5.41, 5.74) is 2.62. The van der Waals surface area contributed by atoms with Gasteiger partial charge in [-0.15, -0.1) is 34.2 Å². The maximum atomic E-state index is 5.18. The van der Waals surface area contributed by atoms with Crippen LogP contribution in [0, 0.1) is 6.92 Å². The second-order valence-corrected chi connectivity index (χ2v) is 7.49. The second kappa shape index (κ2) is 13.8. The lowest BCUT2D eigenvalue weighted by Gasteiger charge is -2.20. The summed E-state index contributed by atoms with van der Waals surface area (Å²) in [5, 5.41) is 15.2. The number of aryl methyl sites for hydroxylation is 1. The maximum Gasteiger partial charge on any atom is 0.191 e. The van der Waals surface area contributed by atoms with Gasteiger partial charge in [-0.3, -0.25) is 0 Å². The van der Waals surface area contributed by atoms with Crippen LogP contribution in [0.4, 0.5) is 0 Å². The summed E-state index contributed by atoms with van der Waals surface area (Å²) >= 11 is 0. The van der Waals surface area contributed by atoms with Gasteiger partial charge in [-0.25, -0.2) is 4.99 Å². The Bertz CT molecular complexity index is 946. The van der Waals surface area contributed by atoms with Crippen LogP contribution in [0.3, 0.4) is 0 Å². The van der Waals surface area contributed by atoms with Gasteiger partial charge in [-0.1, -0.05) is 60.7 Å². The highest BCUT2D eigenvalue weighted by atomic mass is 127. The van der Waals surface area contributed by atoms with Crippen LogP contribution in [-0.2, 0) is 24.8 Å². The number of ether oxygens (including phenoxy) is 1. The van der Waals surface area contributed by atoms with Gasteiger partial charge in [0, 0.05) is 33.2 Å². The van der Waals surface area contributed by atoms with Gasteiger partial charge < -0.3 is 19.9 Å². The van der Waals surface area contributed by atoms with Gasteiger partial charge in [0.15, 0.2) is 11.8 Å². The molecule has 8 heteroatoms. The molecule has 0 saturated carbocycles. The predicted molar refractivity (Wildman–Crippen MR) is 140 cm³/mol. The number of halogens is 1. The molecular weight excluding hydrogens is 515 g/mol. The van der Waals surface area contributed by atoms with Gasteiger partial charge in [0.2, 0.25) is 0 Å². The molecule has 1 aromatic heterocycles. The molecule has 2 N–H and O–H groups in total. The van der Waals surface area contributed by atoms with Crippen molar-refractivity contribution in [2.24, 2.45) is 12.0 Å². The number of aromatic nitrogens is 3. The van der Waals surface area contributed by atoms with Crippen molar-refractivity contribution >= 4 is 29.9 Å². The molecule has 1 atom stereocenters. The number of rotatable bonds is 10. The minimum atomic E-state index is 0. The van der Waals surface area contributed by atoms with Crippen LogP contribution >= 0.6 is 24.0 Å². The Labute approximate surface area is 207 Å². The van der Waals surface area contributed by atoms with E-state index in [1.165, 1.54) is 11.1 Å². The van der Waals surface area contributed by atoms with E-state index in [0.29, 0.717) is 25.6 Å². The summed E-state index contributed by atoms with van der Waals surface area (Å²) in [6.45, 7) is 4.43. The van der Waals surface area contributed by atoms with E-state index in [-0.39, 0.29) is 24.0 Å². The van der Waals surface area contributed by atoms with Crippen molar-refractivity contribution in [1.82, 2.24) is 25.4 Å². The summed E-state index contributed by atoms with van der Waals surface area (Å²) < 4.78 is 7.14. The Morgan fingerprint density at radius 2 is 1.72 bits per heavy atom. The number of aliphatic imine (C=N–C) groups is 1. The van der Waals surface area contributed by atoms with E-state index in [9.17, 15) is 0 Å². The topological polar surface area (TPSA) is 76.4 Å². The lowest BCUT2D eigenvalue weighted by Crippen LogP contribution is -2.41. The number of nitrogens with one attached hydrogen (secondary N) is 2. The molecule has 0 radical (unpaired) electrons. The van der Waals surface area contributed by atoms with Crippen molar-refractivity contribution < 1.29 is 4.74 Å². The van der Waals surface area contributed by atoms with Gasteiger partial charge in [0.05, 0.1) is 6.61 Å². The molecule has 0 aliphatic heterocycles. The van der Waals surface area contributed by atoms with Crippen LogP contribution in [0.1, 0.15) is 28.7 Å². The van der Waals surface area contributed by atoms with Crippen LogP contribution in [0.25, 0.3) is 0 Å². The van der Waals surface area contributed by atoms with Crippen molar-refractivity contribution in [3.63, 3.8) is 0 Å². The van der Waals surface area contributed by atoms with Gasteiger partial charge in [-0.05, 0) is 24.5 Å². The van der Waals surface area contributed by atoms with Crippen LogP contribution in [0.2, 0.25) is 0 Å². The van der Waals surface area contributed by atoms with Gasteiger partial charge >= 0.3 is 0 Å². The van der Waals surface area contributed by atoms with E-state index in [1.807, 2.05) is 18.5 Å². The van der Waals surface area contributed by atoms with Crippen molar-refractivity contribution in [3.05, 3.63) is 83.4 Å². The van der Waals surface area contributed by atoms with Crippen molar-refractivity contribution in [2.45, 2.75) is 25.8 Å².